The summed E-state index contributed by atoms with van der Waals surface area (Å²) >= 11 is 0. The second-order valence-corrected chi connectivity index (χ2v) is 8.64. The van der Waals surface area contributed by atoms with Crippen LogP contribution in [0.25, 0.3) is 11.0 Å². The van der Waals surface area contributed by atoms with E-state index in [1.807, 2.05) is 0 Å². The van der Waals surface area contributed by atoms with E-state index < -0.39 is 41.6 Å². The summed E-state index contributed by atoms with van der Waals surface area (Å²) in [5, 5.41) is 7.18. The maximum absolute atomic E-state index is 12.8. The van der Waals surface area contributed by atoms with Crippen LogP contribution in [0.15, 0.2) is 42.5 Å². The molecule has 0 bridgehead atoms. The Bertz CT molecular complexity index is 1590. The number of benzene rings is 2. The molecule has 0 saturated heterocycles. The first kappa shape index (κ1) is 28.9. The van der Waals surface area contributed by atoms with Gasteiger partial charge in [-0.25, -0.2) is 14.8 Å². The van der Waals surface area contributed by atoms with Crippen LogP contribution in [-0.2, 0) is 23.6 Å². The Morgan fingerprint density at radius 2 is 1.51 bits per heavy atom. The number of rotatable bonds is 8. The lowest BCUT2D eigenvalue weighted by Crippen LogP contribution is -2.22. The second-order valence-electron chi connectivity index (χ2n) is 8.64. The van der Waals surface area contributed by atoms with E-state index in [1.165, 1.54) is 18.2 Å². The van der Waals surface area contributed by atoms with Crippen LogP contribution in [-0.4, -0.2) is 37.8 Å². The number of amides is 4. The molecule has 0 atom stereocenters. The van der Waals surface area contributed by atoms with E-state index in [-0.39, 0.29) is 59.0 Å². The lowest BCUT2D eigenvalue weighted by molar-refractivity contribution is -0.144. The number of urea groups is 1. The fourth-order valence-corrected chi connectivity index (χ4v) is 3.69. The molecule has 4 amide bonds. The number of imidazole rings is 2. The Hall–Kier alpha value is -5.09. The molecule has 2 heterocycles. The number of carbonyl (C=O) groups is 3. The van der Waals surface area contributed by atoms with Crippen LogP contribution < -0.4 is 21.7 Å². The van der Waals surface area contributed by atoms with E-state index in [0.29, 0.717) is 0 Å². The minimum Gasteiger partial charge on any atom is -0.364 e. The molecular weight excluding hydrogens is 562 g/mol. The molecule has 2 aromatic heterocycles. The largest absolute Gasteiger partial charge is 0.449 e. The van der Waals surface area contributed by atoms with Crippen LogP contribution in [0.4, 0.5) is 48.3 Å². The summed E-state index contributed by atoms with van der Waals surface area (Å²) in [6.07, 6.45) is -8.85. The van der Waals surface area contributed by atoms with Crippen molar-refractivity contribution < 1.29 is 40.7 Å². The molecular formula is C24H20F6N8O3. The van der Waals surface area contributed by atoms with Crippen molar-refractivity contribution in [1.82, 2.24) is 19.9 Å². The van der Waals surface area contributed by atoms with Gasteiger partial charge in [-0.05, 0) is 48.9 Å². The van der Waals surface area contributed by atoms with Crippen LogP contribution >= 0.6 is 0 Å². The number of primary amides is 1. The fourth-order valence-electron chi connectivity index (χ4n) is 3.69. The van der Waals surface area contributed by atoms with E-state index in [1.54, 1.807) is 0 Å². The number of aromatic amines is 2. The van der Waals surface area contributed by atoms with Gasteiger partial charge in [-0.15, -0.1) is 0 Å². The number of aryl methyl sites for hydroxylation is 1. The predicted octanol–water partition coefficient (Wildman–Crippen LogP) is 5.03. The summed E-state index contributed by atoms with van der Waals surface area (Å²) in [5.74, 6) is -2.54. The first-order valence-corrected chi connectivity index (χ1v) is 11.7. The van der Waals surface area contributed by atoms with Gasteiger partial charge in [0.25, 0.3) is 5.91 Å². The highest BCUT2D eigenvalue weighted by Crippen LogP contribution is 2.30. The van der Waals surface area contributed by atoms with Crippen molar-refractivity contribution in [2.45, 2.75) is 31.6 Å². The third-order valence-electron chi connectivity index (χ3n) is 5.55. The topological polar surface area (TPSA) is 171 Å². The second kappa shape index (κ2) is 11.2. The number of anilines is 3. The molecule has 0 aliphatic carbocycles. The normalized spacial score (nSPS) is 11.9. The minimum absolute atomic E-state index is 0.0204. The monoisotopic (exact) mass is 582 g/mol. The maximum atomic E-state index is 12.8. The van der Waals surface area contributed by atoms with Gasteiger partial charge in [0.05, 0.1) is 16.6 Å². The van der Waals surface area contributed by atoms with Crippen molar-refractivity contribution in [2.24, 2.45) is 5.73 Å². The van der Waals surface area contributed by atoms with Crippen molar-refractivity contribution >= 4 is 46.1 Å². The minimum atomic E-state index is -4.64. The number of nitrogens with one attached hydrogen (secondary N) is 5. The quantitative estimate of drug-likeness (QED) is 0.160. The number of nitrogens with zero attached hydrogens (tertiary/aromatic N) is 2. The van der Waals surface area contributed by atoms with Gasteiger partial charge < -0.3 is 26.3 Å². The highest BCUT2D eigenvalue weighted by Gasteiger charge is 2.34. The van der Waals surface area contributed by atoms with E-state index >= 15 is 0 Å². The van der Waals surface area contributed by atoms with Crippen LogP contribution in [0.1, 0.15) is 40.5 Å². The molecule has 4 aromatic rings. The highest BCUT2D eigenvalue weighted by atomic mass is 19.4. The van der Waals surface area contributed by atoms with E-state index in [0.717, 1.165) is 24.3 Å². The SMILES string of the molecule is NC(=O)c1nc(CCCC(=O)Nc2ccc3[nH]c(C(F)(F)F)nc3c2)[nH]c1NC(=O)Nc1ccc(C(F)(F)F)cc1. The first-order valence-electron chi connectivity index (χ1n) is 11.7. The number of hydrogen-bond acceptors (Lipinski definition) is 5. The molecule has 4 rings (SSSR count). The van der Waals surface area contributed by atoms with Gasteiger partial charge in [0.15, 0.2) is 5.69 Å². The molecule has 0 aliphatic heterocycles. The number of nitrogens with two attached hydrogens (primary N) is 1. The molecule has 0 fully saturated rings. The van der Waals surface area contributed by atoms with Crippen LogP contribution in [0, 0.1) is 0 Å². The van der Waals surface area contributed by atoms with Crippen molar-refractivity contribution in [1.29, 1.82) is 0 Å². The predicted molar refractivity (Wildman–Crippen MR) is 134 cm³/mol. The molecule has 41 heavy (non-hydrogen) atoms. The zero-order valence-electron chi connectivity index (χ0n) is 20.6. The number of carbonyl (C=O) groups excluding carboxylic acids is 3. The Labute approximate surface area is 225 Å². The fraction of sp³-hybridized carbons (Fsp3) is 0.208. The summed E-state index contributed by atoms with van der Waals surface area (Å²) in [6.45, 7) is 0. The molecule has 0 radical (unpaired) electrons. The highest BCUT2D eigenvalue weighted by molar-refractivity contribution is 6.04. The first-order chi connectivity index (χ1) is 19.2. The molecule has 0 unspecified atom stereocenters. The molecule has 216 valence electrons. The number of halogens is 6. The van der Waals surface area contributed by atoms with Gasteiger partial charge in [0, 0.05) is 24.2 Å². The molecule has 11 nitrogen and oxygen atoms in total. The van der Waals surface area contributed by atoms with Gasteiger partial charge in [-0.3, -0.25) is 14.9 Å². The number of hydrogen-bond donors (Lipinski definition) is 6. The maximum Gasteiger partial charge on any atom is 0.449 e. The van der Waals surface area contributed by atoms with Gasteiger partial charge in [0.2, 0.25) is 11.7 Å². The molecule has 7 N–H and O–H groups in total. The molecule has 0 aliphatic rings. The number of fused-ring (bicyclic) bond motifs is 1. The average Bonchev–Trinajstić information content (AvgIpc) is 3.48. The summed E-state index contributed by atoms with van der Waals surface area (Å²) in [6, 6.07) is 6.83. The molecule has 17 heteroatoms. The molecule has 2 aromatic carbocycles. The van der Waals surface area contributed by atoms with Crippen molar-refractivity contribution in [2.75, 3.05) is 16.0 Å². The third kappa shape index (κ3) is 7.31. The van der Waals surface area contributed by atoms with E-state index in [4.69, 9.17) is 5.73 Å². The standard InChI is InChI=1S/C24H20F6N8O3/c25-23(26,27)11-4-6-12(7-5-11)33-22(41)38-20-18(19(31)40)36-16(37-20)2-1-3-17(39)32-13-8-9-14-15(10-13)35-21(34-14)24(28,29)30/h4-10H,1-3H2,(H2,31,40)(H,32,39)(H,34,35)(H,36,37)(H2,33,38,41). The summed E-state index contributed by atoms with van der Waals surface area (Å²) in [7, 11) is 0. The Balaban J connectivity index is 1.31. The van der Waals surface area contributed by atoms with Gasteiger partial charge >= 0.3 is 18.4 Å². The van der Waals surface area contributed by atoms with Gasteiger partial charge in [0.1, 0.15) is 11.6 Å². The summed E-state index contributed by atoms with van der Waals surface area (Å²) in [4.78, 5) is 48.7. The van der Waals surface area contributed by atoms with Crippen LogP contribution in [0.3, 0.4) is 0 Å². The number of H-pyrrole nitrogens is 2. The lowest BCUT2D eigenvalue weighted by Gasteiger charge is -2.09. The van der Waals surface area contributed by atoms with Gasteiger partial charge in [-0.2, -0.15) is 26.3 Å². The lowest BCUT2D eigenvalue weighted by atomic mass is 10.2. The Morgan fingerprint density at radius 3 is 2.15 bits per heavy atom. The number of aromatic nitrogens is 4. The zero-order chi connectivity index (χ0) is 29.9. The van der Waals surface area contributed by atoms with Crippen LogP contribution in [0.5, 0.6) is 0 Å². The van der Waals surface area contributed by atoms with Crippen molar-refractivity contribution in [3.05, 3.63) is 65.4 Å². The van der Waals surface area contributed by atoms with E-state index in [2.05, 4.69) is 35.9 Å². The van der Waals surface area contributed by atoms with Crippen molar-refractivity contribution in [3.8, 4) is 0 Å². The third-order valence-corrected chi connectivity index (χ3v) is 5.55. The smallest absolute Gasteiger partial charge is 0.364 e. The molecule has 0 saturated carbocycles. The van der Waals surface area contributed by atoms with Crippen LogP contribution in [0.2, 0.25) is 0 Å². The zero-order valence-corrected chi connectivity index (χ0v) is 20.6. The molecule has 0 spiro atoms. The number of alkyl halides is 6. The Morgan fingerprint density at radius 1 is 0.829 bits per heavy atom. The van der Waals surface area contributed by atoms with E-state index in [9.17, 15) is 40.7 Å². The Kier molecular flexibility index (Phi) is 7.89. The van der Waals surface area contributed by atoms with Crippen molar-refractivity contribution in [3.63, 3.8) is 0 Å². The summed E-state index contributed by atoms with van der Waals surface area (Å²) in [5.41, 5.74) is 4.56. The summed E-state index contributed by atoms with van der Waals surface area (Å²) < 4.78 is 76.6. The van der Waals surface area contributed by atoms with Gasteiger partial charge in [-0.1, -0.05) is 0 Å². The average molecular weight is 582 g/mol.